The fraction of sp³-hybridized carbons (Fsp3) is 0.333. The summed E-state index contributed by atoms with van der Waals surface area (Å²) in [5.41, 5.74) is 9.28. The highest BCUT2D eigenvalue weighted by atomic mass is 16.5. The molecule has 0 aliphatic carbocycles. The van der Waals surface area contributed by atoms with E-state index in [1.54, 1.807) is 46.8 Å². The average molecular weight is 387 g/mol. The first-order valence-electron chi connectivity index (χ1n) is 8.85. The maximum atomic E-state index is 6.36. The summed E-state index contributed by atoms with van der Waals surface area (Å²) in [4.78, 5) is 0. The van der Waals surface area contributed by atoms with Crippen LogP contribution in [-0.4, -0.2) is 28.4 Å². The maximum absolute atomic E-state index is 6.36. The third-order valence-corrected chi connectivity index (χ3v) is 4.43. The quantitative estimate of drug-likeness (QED) is 0.529. The molecule has 2 aromatic rings. The van der Waals surface area contributed by atoms with Crippen LogP contribution in [0.5, 0.6) is 23.0 Å². The van der Waals surface area contributed by atoms with Gasteiger partial charge in [-0.1, -0.05) is 13.8 Å². The lowest BCUT2D eigenvalue weighted by Gasteiger charge is -2.20. The molecule has 0 amide bonds. The third-order valence-electron chi connectivity index (χ3n) is 4.43. The van der Waals surface area contributed by atoms with E-state index in [1.807, 2.05) is 18.2 Å². The minimum absolute atomic E-state index is 0.257. The Bertz CT molecular complexity index is 850. The van der Waals surface area contributed by atoms with Gasteiger partial charge >= 0.3 is 0 Å². The summed E-state index contributed by atoms with van der Waals surface area (Å²) in [5.74, 6) is 9.03. The summed E-state index contributed by atoms with van der Waals surface area (Å²) in [7, 11) is 6.38. The van der Waals surface area contributed by atoms with Gasteiger partial charge in [-0.15, -0.1) is 0 Å². The normalized spacial score (nSPS) is 11.4. The van der Waals surface area contributed by atoms with Crippen molar-refractivity contribution in [2.75, 3.05) is 33.4 Å². The summed E-state index contributed by atoms with van der Waals surface area (Å²) in [6.07, 6.45) is 1.63. The summed E-state index contributed by atoms with van der Waals surface area (Å²) < 4.78 is 21.6. The van der Waals surface area contributed by atoms with Crippen molar-refractivity contribution in [2.45, 2.75) is 19.8 Å². The molecule has 0 heterocycles. The summed E-state index contributed by atoms with van der Waals surface area (Å²) in [6.45, 7) is 4.18. The Morgan fingerprint density at radius 2 is 1.46 bits per heavy atom. The first kappa shape index (κ1) is 21.2. The summed E-state index contributed by atoms with van der Waals surface area (Å²) in [5, 5.41) is 1.43. The van der Waals surface area contributed by atoms with E-state index in [-0.39, 0.29) is 5.92 Å². The van der Waals surface area contributed by atoms with Crippen molar-refractivity contribution in [3.63, 3.8) is 0 Å². The minimum Gasteiger partial charge on any atom is -0.496 e. The molecule has 0 saturated carbocycles. The van der Waals surface area contributed by atoms with E-state index in [4.69, 9.17) is 30.5 Å². The molecule has 0 spiro atoms. The smallest absolute Gasteiger partial charge is 0.162 e. The number of nitrogens with two attached hydrogens (primary N) is 2. The zero-order chi connectivity index (χ0) is 20.8. The Labute approximate surface area is 166 Å². The topological polar surface area (TPSA) is 92.2 Å². The van der Waals surface area contributed by atoms with Crippen LogP contribution in [0, 0.1) is 0 Å². The largest absolute Gasteiger partial charge is 0.496 e. The van der Waals surface area contributed by atoms with Crippen molar-refractivity contribution in [2.24, 2.45) is 11.6 Å². The summed E-state index contributed by atoms with van der Waals surface area (Å²) >= 11 is 0. The van der Waals surface area contributed by atoms with Crippen molar-refractivity contribution >= 4 is 11.4 Å². The number of hydrogen-bond donors (Lipinski definition) is 2. The van der Waals surface area contributed by atoms with Crippen LogP contribution in [0.2, 0.25) is 0 Å². The van der Waals surface area contributed by atoms with Crippen molar-refractivity contribution < 1.29 is 18.9 Å². The van der Waals surface area contributed by atoms with Crippen LogP contribution in [0.4, 0.5) is 5.69 Å². The van der Waals surface area contributed by atoms with Crippen molar-refractivity contribution in [1.82, 2.24) is 0 Å². The van der Waals surface area contributed by atoms with Gasteiger partial charge in [0.15, 0.2) is 11.5 Å². The molecule has 28 heavy (non-hydrogen) atoms. The third kappa shape index (κ3) is 4.43. The van der Waals surface area contributed by atoms with E-state index in [1.165, 1.54) is 5.01 Å². The van der Waals surface area contributed by atoms with Gasteiger partial charge in [0.1, 0.15) is 11.5 Å². The van der Waals surface area contributed by atoms with Gasteiger partial charge in [-0.2, -0.15) is 0 Å². The highest BCUT2D eigenvalue weighted by Crippen LogP contribution is 2.36. The van der Waals surface area contributed by atoms with Crippen LogP contribution in [-0.2, 0) is 0 Å². The molecule has 0 fully saturated rings. The highest BCUT2D eigenvalue weighted by molar-refractivity contribution is 5.73. The molecule has 7 nitrogen and oxygen atoms in total. The summed E-state index contributed by atoms with van der Waals surface area (Å²) in [6, 6.07) is 9.17. The lowest BCUT2D eigenvalue weighted by Crippen LogP contribution is -2.25. The number of hydrogen-bond acceptors (Lipinski definition) is 7. The monoisotopic (exact) mass is 387 g/mol. The van der Waals surface area contributed by atoms with E-state index in [9.17, 15) is 0 Å². The zero-order valence-electron chi connectivity index (χ0n) is 17.3. The minimum atomic E-state index is 0.257. The number of methoxy groups -OCH3 is 4. The molecular formula is C21H29N3O4. The van der Waals surface area contributed by atoms with E-state index in [2.05, 4.69) is 13.8 Å². The first-order chi connectivity index (χ1) is 13.4. The van der Waals surface area contributed by atoms with Gasteiger partial charge in [-0.05, 0) is 29.7 Å². The maximum Gasteiger partial charge on any atom is 0.162 e. The number of benzene rings is 2. The van der Waals surface area contributed by atoms with Gasteiger partial charge in [0, 0.05) is 23.9 Å². The molecule has 0 aliphatic heterocycles. The van der Waals surface area contributed by atoms with Crippen LogP contribution < -0.4 is 35.5 Å². The molecule has 0 unspecified atom stereocenters. The highest BCUT2D eigenvalue weighted by Gasteiger charge is 2.16. The number of ether oxygens (including phenoxy) is 4. The van der Waals surface area contributed by atoms with Crippen LogP contribution in [0.3, 0.4) is 0 Å². The van der Waals surface area contributed by atoms with Gasteiger partial charge in [-0.3, -0.25) is 5.01 Å². The van der Waals surface area contributed by atoms with Gasteiger partial charge in [0.05, 0.1) is 39.8 Å². The Morgan fingerprint density at radius 1 is 0.857 bits per heavy atom. The van der Waals surface area contributed by atoms with E-state index in [0.29, 0.717) is 28.6 Å². The van der Waals surface area contributed by atoms with E-state index < -0.39 is 0 Å². The Balaban J connectivity index is 2.45. The van der Waals surface area contributed by atoms with Crippen molar-refractivity contribution in [3.8, 4) is 23.0 Å². The molecule has 4 N–H and O–H groups in total. The number of nitrogens with zero attached hydrogens (tertiary/aromatic N) is 1. The van der Waals surface area contributed by atoms with E-state index >= 15 is 0 Å². The van der Waals surface area contributed by atoms with Crippen LogP contribution in [0.15, 0.2) is 36.5 Å². The Kier molecular flexibility index (Phi) is 7.00. The fourth-order valence-electron chi connectivity index (χ4n) is 2.88. The number of rotatable bonds is 8. The molecule has 0 saturated heterocycles. The standard InChI is InChI=1S/C21H29N3O4/c1-13(2)15-10-16(20(27-5)11-19(15)26-4)17(22)12-24(23)14-7-8-18(25-3)21(9-14)28-6/h7-13H,22-23H2,1-6H3/b17-12-. The molecule has 7 heteroatoms. The molecule has 0 aromatic heterocycles. The second kappa shape index (κ2) is 9.23. The lowest BCUT2D eigenvalue weighted by atomic mass is 9.97. The average Bonchev–Trinajstić information content (AvgIpc) is 2.71. The van der Waals surface area contributed by atoms with Crippen molar-refractivity contribution in [1.29, 1.82) is 0 Å². The van der Waals surface area contributed by atoms with Crippen molar-refractivity contribution in [3.05, 3.63) is 47.7 Å². The van der Waals surface area contributed by atoms with Gasteiger partial charge in [-0.25, -0.2) is 5.84 Å². The Morgan fingerprint density at radius 3 is 2.00 bits per heavy atom. The van der Waals surface area contributed by atoms with Gasteiger partial charge < -0.3 is 24.7 Å². The molecule has 152 valence electrons. The van der Waals surface area contributed by atoms with Crippen LogP contribution in [0.1, 0.15) is 30.9 Å². The fourth-order valence-corrected chi connectivity index (χ4v) is 2.88. The molecule has 0 atom stereocenters. The van der Waals surface area contributed by atoms with E-state index in [0.717, 1.165) is 16.9 Å². The predicted molar refractivity (Wildman–Crippen MR) is 112 cm³/mol. The second-order valence-electron chi connectivity index (χ2n) is 6.48. The molecular weight excluding hydrogens is 358 g/mol. The first-order valence-corrected chi connectivity index (χ1v) is 8.85. The molecule has 0 bridgehead atoms. The molecule has 0 aliphatic rings. The second-order valence-corrected chi connectivity index (χ2v) is 6.48. The SMILES string of the molecule is COc1ccc(N(N)/C=C(\N)c2cc(C(C)C)c(OC)cc2OC)cc1OC. The Hall–Kier alpha value is -3.06. The number of anilines is 1. The zero-order valence-corrected chi connectivity index (χ0v) is 17.3. The van der Waals surface area contributed by atoms with Gasteiger partial charge in [0.25, 0.3) is 0 Å². The molecule has 2 aromatic carbocycles. The van der Waals surface area contributed by atoms with Gasteiger partial charge in [0.2, 0.25) is 0 Å². The predicted octanol–water partition coefficient (Wildman–Crippen LogP) is 3.48. The van der Waals surface area contributed by atoms with Crippen LogP contribution >= 0.6 is 0 Å². The lowest BCUT2D eigenvalue weighted by molar-refractivity contribution is 0.355. The van der Waals surface area contributed by atoms with Crippen LogP contribution in [0.25, 0.3) is 5.70 Å². The molecule has 0 radical (unpaired) electrons. The number of hydrazine groups is 1. The molecule has 2 rings (SSSR count).